The molecule has 3 atom stereocenters. The molecule has 1 heterocycles. The highest BCUT2D eigenvalue weighted by Gasteiger charge is 2.31. The zero-order chi connectivity index (χ0) is 13.1. The molecule has 0 spiro atoms. The molecule has 3 unspecified atom stereocenters. The minimum atomic E-state index is -0.357. The monoisotopic (exact) mass is 271 g/mol. The SMILES string of the molecule is CNC(Cc1cccc(F)c1Cl)C1OCCC1C. The molecule has 1 aliphatic rings. The lowest BCUT2D eigenvalue weighted by molar-refractivity contribution is 0.0634. The average molecular weight is 272 g/mol. The van der Waals surface area contributed by atoms with E-state index < -0.39 is 0 Å². The van der Waals surface area contributed by atoms with Crippen molar-refractivity contribution in [3.05, 3.63) is 34.6 Å². The zero-order valence-corrected chi connectivity index (χ0v) is 11.5. The van der Waals surface area contributed by atoms with E-state index >= 15 is 0 Å². The molecule has 0 saturated carbocycles. The van der Waals surface area contributed by atoms with Crippen molar-refractivity contribution in [2.45, 2.75) is 31.9 Å². The summed E-state index contributed by atoms with van der Waals surface area (Å²) < 4.78 is 19.2. The van der Waals surface area contributed by atoms with Gasteiger partial charge in [0.1, 0.15) is 5.82 Å². The van der Waals surface area contributed by atoms with Crippen LogP contribution in [0.4, 0.5) is 4.39 Å². The van der Waals surface area contributed by atoms with Gasteiger partial charge in [0.2, 0.25) is 0 Å². The van der Waals surface area contributed by atoms with Gasteiger partial charge in [0.15, 0.2) is 0 Å². The number of benzene rings is 1. The van der Waals surface area contributed by atoms with Gasteiger partial charge in [-0.2, -0.15) is 0 Å². The maximum atomic E-state index is 13.4. The lowest BCUT2D eigenvalue weighted by Crippen LogP contribution is -2.42. The molecule has 0 aliphatic carbocycles. The van der Waals surface area contributed by atoms with Crippen LogP contribution in [0.5, 0.6) is 0 Å². The summed E-state index contributed by atoms with van der Waals surface area (Å²) in [4.78, 5) is 0. The maximum absolute atomic E-state index is 13.4. The van der Waals surface area contributed by atoms with Crippen molar-refractivity contribution in [3.8, 4) is 0 Å². The van der Waals surface area contributed by atoms with E-state index in [1.165, 1.54) is 6.07 Å². The van der Waals surface area contributed by atoms with Gasteiger partial charge in [-0.05, 0) is 37.4 Å². The number of ether oxygens (including phenoxy) is 1. The normalized spacial score (nSPS) is 25.3. The van der Waals surface area contributed by atoms with Gasteiger partial charge in [0, 0.05) is 12.6 Å². The van der Waals surface area contributed by atoms with Crippen LogP contribution in [0.3, 0.4) is 0 Å². The molecular weight excluding hydrogens is 253 g/mol. The third-order valence-electron chi connectivity index (χ3n) is 3.68. The number of rotatable bonds is 4. The van der Waals surface area contributed by atoms with Gasteiger partial charge >= 0.3 is 0 Å². The molecule has 0 radical (unpaired) electrons. The van der Waals surface area contributed by atoms with E-state index in [0.29, 0.717) is 12.3 Å². The summed E-state index contributed by atoms with van der Waals surface area (Å²) in [7, 11) is 1.91. The van der Waals surface area contributed by atoms with Crippen molar-refractivity contribution >= 4 is 11.6 Å². The van der Waals surface area contributed by atoms with Crippen molar-refractivity contribution in [1.82, 2.24) is 5.32 Å². The molecule has 1 saturated heterocycles. The number of hydrogen-bond acceptors (Lipinski definition) is 2. The average Bonchev–Trinajstić information content (AvgIpc) is 2.77. The summed E-state index contributed by atoms with van der Waals surface area (Å²) >= 11 is 5.99. The molecule has 1 fully saturated rings. The number of halogens is 2. The van der Waals surface area contributed by atoms with Crippen molar-refractivity contribution in [1.29, 1.82) is 0 Å². The molecule has 0 aromatic heterocycles. The smallest absolute Gasteiger partial charge is 0.142 e. The Hall–Kier alpha value is -0.640. The first-order valence-corrected chi connectivity index (χ1v) is 6.73. The van der Waals surface area contributed by atoms with E-state index in [-0.39, 0.29) is 23.0 Å². The Morgan fingerprint density at radius 3 is 2.94 bits per heavy atom. The Kier molecular flexibility index (Phi) is 4.60. The fourth-order valence-corrected chi connectivity index (χ4v) is 2.76. The number of nitrogens with one attached hydrogen (secondary N) is 1. The second-order valence-electron chi connectivity index (χ2n) is 4.91. The summed E-state index contributed by atoms with van der Waals surface area (Å²) in [5, 5.41) is 3.49. The van der Waals surface area contributed by atoms with E-state index in [1.807, 2.05) is 13.1 Å². The highest BCUT2D eigenvalue weighted by atomic mass is 35.5. The van der Waals surface area contributed by atoms with Gasteiger partial charge in [0.05, 0.1) is 11.1 Å². The number of hydrogen-bond donors (Lipinski definition) is 1. The minimum Gasteiger partial charge on any atom is -0.376 e. The number of likely N-dealkylation sites (N-methyl/N-ethyl adjacent to an activating group) is 1. The van der Waals surface area contributed by atoms with Gasteiger partial charge < -0.3 is 10.1 Å². The summed E-state index contributed by atoms with van der Waals surface area (Å²) in [6.45, 7) is 3.00. The molecule has 1 aromatic carbocycles. The topological polar surface area (TPSA) is 21.3 Å². The molecule has 0 bridgehead atoms. The van der Waals surface area contributed by atoms with Gasteiger partial charge in [0.25, 0.3) is 0 Å². The molecule has 2 nitrogen and oxygen atoms in total. The highest BCUT2D eigenvalue weighted by molar-refractivity contribution is 6.31. The van der Waals surface area contributed by atoms with Gasteiger partial charge in [-0.3, -0.25) is 0 Å². The predicted molar refractivity (Wildman–Crippen MR) is 71.5 cm³/mol. The lowest BCUT2D eigenvalue weighted by atomic mass is 9.93. The Bertz CT molecular complexity index is 413. The summed E-state index contributed by atoms with van der Waals surface area (Å²) in [5.41, 5.74) is 0.832. The fraction of sp³-hybridized carbons (Fsp3) is 0.571. The van der Waals surface area contributed by atoms with Crippen LogP contribution in [0.25, 0.3) is 0 Å². The first kappa shape index (κ1) is 13.8. The van der Waals surface area contributed by atoms with E-state index in [4.69, 9.17) is 16.3 Å². The Balaban J connectivity index is 2.12. The second-order valence-corrected chi connectivity index (χ2v) is 5.29. The maximum Gasteiger partial charge on any atom is 0.142 e. The van der Waals surface area contributed by atoms with Gasteiger partial charge in [-0.15, -0.1) is 0 Å². The molecule has 2 rings (SSSR count). The van der Waals surface area contributed by atoms with Crippen LogP contribution in [-0.2, 0) is 11.2 Å². The third-order valence-corrected chi connectivity index (χ3v) is 4.11. The minimum absolute atomic E-state index is 0.168. The van der Waals surface area contributed by atoms with Crippen LogP contribution in [-0.4, -0.2) is 25.8 Å². The van der Waals surface area contributed by atoms with E-state index in [1.54, 1.807) is 6.07 Å². The summed E-state index contributed by atoms with van der Waals surface area (Å²) in [6.07, 6.45) is 1.94. The Labute approximate surface area is 112 Å². The van der Waals surface area contributed by atoms with Crippen LogP contribution in [0.15, 0.2) is 18.2 Å². The van der Waals surface area contributed by atoms with Crippen molar-refractivity contribution in [2.24, 2.45) is 5.92 Å². The summed E-state index contributed by atoms with van der Waals surface area (Å²) in [6, 6.07) is 5.12. The van der Waals surface area contributed by atoms with Gasteiger partial charge in [-0.25, -0.2) is 4.39 Å². The summed E-state index contributed by atoms with van der Waals surface area (Å²) in [5.74, 6) is 0.166. The third kappa shape index (κ3) is 2.85. The molecule has 4 heteroatoms. The fourth-order valence-electron chi connectivity index (χ4n) is 2.56. The standard InChI is InChI=1S/C14H19ClFNO/c1-9-6-7-18-14(9)12(17-2)8-10-4-3-5-11(16)13(10)15/h3-5,9,12,14,17H,6-8H2,1-2H3. The zero-order valence-electron chi connectivity index (χ0n) is 10.7. The van der Waals surface area contributed by atoms with Crippen LogP contribution in [0.1, 0.15) is 18.9 Å². The second kappa shape index (κ2) is 6.00. The quantitative estimate of drug-likeness (QED) is 0.909. The molecule has 1 N–H and O–H groups in total. The molecular formula is C14H19ClFNO. The highest BCUT2D eigenvalue weighted by Crippen LogP contribution is 2.27. The van der Waals surface area contributed by atoms with E-state index in [0.717, 1.165) is 18.6 Å². The molecule has 0 amide bonds. The Morgan fingerprint density at radius 1 is 1.56 bits per heavy atom. The Morgan fingerprint density at radius 2 is 2.33 bits per heavy atom. The molecule has 18 heavy (non-hydrogen) atoms. The van der Waals surface area contributed by atoms with Crippen molar-refractivity contribution in [2.75, 3.05) is 13.7 Å². The molecule has 100 valence electrons. The molecule has 1 aromatic rings. The van der Waals surface area contributed by atoms with E-state index in [2.05, 4.69) is 12.2 Å². The van der Waals surface area contributed by atoms with Crippen molar-refractivity contribution < 1.29 is 9.13 Å². The lowest BCUT2D eigenvalue weighted by Gasteiger charge is -2.26. The van der Waals surface area contributed by atoms with Crippen LogP contribution >= 0.6 is 11.6 Å². The largest absolute Gasteiger partial charge is 0.376 e. The van der Waals surface area contributed by atoms with Crippen LogP contribution in [0.2, 0.25) is 5.02 Å². The van der Waals surface area contributed by atoms with Crippen LogP contribution < -0.4 is 5.32 Å². The van der Waals surface area contributed by atoms with Crippen molar-refractivity contribution in [3.63, 3.8) is 0 Å². The molecule has 1 aliphatic heterocycles. The first-order chi connectivity index (χ1) is 8.63. The predicted octanol–water partition coefficient (Wildman–Crippen LogP) is 3.03. The van der Waals surface area contributed by atoms with Crippen LogP contribution in [0, 0.1) is 11.7 Å². The van der Waals surface area contributed by atoms with Gasteiger partial charge in [-0.1, -0.05) is 30.7 Å². The first-order valence-electron chi connectivity index (χ1n) is 6.35. The van der Waals surface area contributed by atoms with E-state index in [9.17, 15) is 4.39 Å².